The van der Waals surface area contributed by atoms with Gasteiger partial charge in [0, 0.05) is 0 Å². The van der Waals surface area contributed by atoms with Crippen LogP contribution >= 0.6 is 32.3 Å². The third kappa shape index (κ3) is 3.92. The summed E-state index contributed by atoms with van der Waals surface area (Å²) in [5, 5.41) is 0.513. The molecule has 0 bridgehead atoms. The SMILES string of the molecule is Cc1ccc(S(=O)(=O)OI(O)c2ccc(Cl)cc2)cc1. The van der Waals surface area contributed by atoms with Crippen molar-refractivity contribution in [2.24, 2.45) is 0 Å². The Morgan fingerprint density at radius 1 is 1.05 bits per heavy atom. The van der Waals surface area contributed by atoms with E-state index in [0.717, 1.165) is 5.56 Å². The Morgan fingerprint density at radius 2 is 1.60 bits per heavy atom. The van der Waals surface area contributed by atoms with Gasteiger partial charge in [-0.3, -0.25) is 0 Å². The summed E-state index contributed by atoms with van der Waals surface area (Å²) in [5.74, 6) is 0. The van der Waals surface area contributed by atoms with Gasteiger partial charge in [0.25, 0.3) is 0 Å². The Morgan fingerprint density at radius 3 is 2.15 bits per heavy atom. The Hall–Kier alpha value is -0.670. The summed E-state index contributed by atoms with van der Waals surface area (Å²) in [6.07, 6.45) is 0. The number of benzene rings is 2. The van der Waals surface area contributed by atoms with E-state index >= 15 is 0 Å². The average Bonchev–Trinajstić information content (AvgIpc) is 2.39. The molecule has 0 spiro atoms. The maximum atomic E-state index is 12.0. The normalized spacial score (nSPS) is 12.2. The number of halogens is 2. The molecule has 0 aliphatic rings. The molecule has 0 heterocycles. The molecule has 0 radical (unpaired) electrons. The summed E-state index contributed by atoms with van der Waals surface area (Å²) >= 11 is 2.51. The van der Waals surface area contributed by atoms with Crippen LogP contribution in [0.4, 0.5) is 0 Å². The third-order valence-corrected chi connectivity index (χ3v) is 8.06. The number of hydrogen-bond donors (Lipinski definition) is 1. The van der Waals surface area contributed by atoms with Crippen LogP contribution < -0.4 is 0 Å². The van der Waals surface area contributed by atoms with Crippen molar-refractivity contribution < 1.29 is 14.4 Å². The molecule has 2 rings (SSSR count). The molecule has 1 N–H and O–H groups in total. The summed E-state index contributed by atoms with van der Waals surface area (Å²) in [6.45, 7) is 1.86. The second-order valence-electron chi connectivity index (χ2n) is 4.00. The predicted molar refractivity (Wildman–Crippen MR) is 85.8 cm³/mol. The van der Waals surface area contributed by atoms with Gasteiger partial charge in [0.15, 0.2) is 0 Å². The Balaban J connectivity index is 2.19. The van der Waals surface area contributed by atoms with Gasteiger partial charge in [0.2, 0.25) is 0 Å². The molecule has 0 saturated heterocycles. The second kappa shape index (κ2) is 6.40. The minimum atomic E-state index is -3.95. The van der Waals surface area contributed by atoms with Gasteiger partial charge in [0.1, 0.15) is 0 Å². The molecule has 0 atom stereocenters. The first-order chi connectivity index (χ1) is 9.38. The summed E-state index contributed by atoms with van der Waals surface area (Å²) in [7, 11) is -3.95. The van der Waals surface area contributed by atoms with Crippen LogP contribution in [0.2, 0.25) is 5.02 Å². The van der Waals surface area contributed by atoms with Crippen LogP contribution in [0.1, 0.15) is 5.56 Å². The monoisotopic (exact) mass is 426 g/mol. The first-order valence-electron chi connectivity index (χ1n) is 5.55. The van der Waals surface area contributed by atoms with Crippen molar-refractivity contribution in [2.75, 3.05) is 0 Å². The van der Waals surface area contributed by atoms with Crippen molar-refractivity contribution in [2.45, 2.75) is 11.8 Å². The Labute approximate surface area is 131 Å². The molecule has 0 aliphatic carbocycles. The van der Waals surface area contributed by atoms with E-state index in [1.807, 2.05) is 6.92 Å². The van der Waals surface area contributed by atoms with E-state index < -0.39 is 30.8 Å². The van der Waals surface area contributed by atoms with E-state index in [1.54, 1.807) is 36.4 Å². The molecule has 4 nitrogen and oxygen atoms in total. The van der Waals surface area contributed by atoms with Gasteiger partial charge in [-0.05, 0) is 0 Å². The maximum absolute atomic E-state index is 12.0. The molecule has 108 valence electrons. The van der Waals surface area contributed by atoms with Crippen LogP contribution in [-0.2, 0) is 12.6 Å². The van der Waals surface area contributed by atoms with Crippen molar-refractivity contribution in [3.8, 4) is 0 Å². The van der Waals surface area contributed by atoms with Gasteiger partial charge >= 0.3 is 131 Å². The van der Waals surface area contributed by atoms with E-state index in [0.29, 0.717) is 8.59 Å². The van der Waals surface area contributed by atoms with Crippen molar-refractivity contribution >= 4 is 42.4 Å². The fraction of sp³-hybridized carbons (Fsp3) is 0.0769. The summed E-state index contributed by atoms with van der Waals surface area (Å²) < 4.78 is 39.4. The van der Waals surface area contributed by atoms with E-state index in [9.17, 15) is 11.9 Å². The van der Waals surface area contributed by atoms with Crippen LogP contribution in [0.25, 0.3) is 0 Å². The zero-order chi connectivity index (χ0) is 14.8. The van der Waals surface area contributed by atoms with Crippen LogP contribution in [0.3, 0.4) is 0 Å². The van der Waals surface area contributed by atoms with Crippen molar-refractivity contribution in [3.05, 3.63) is 62.7 Å². The summed E-state index contributed by atoms with van der Waals surface area (Å²) in [4.78, 5) is 0.0356. The second-order valence-corrected chi connectivity index (χ2v) is 9.58. The number of rotatable bonds is 4. The third-order valence-electron chi connectivity index (χ3n) is 2.44. The predicted octanol–water partition coefficient (Wildman–Crippen LogP) is 3.55. The number of aryl methyl sites for hydroxylation is 1. The molecule has 0 unspecified atom stereocenters. The zero-order valence-corrected chi connectivity index (χ0v) is 14.2. The van der Waals surface area contributed by atoms with Gasteiger partial charge in [-0.25, -0.2) is 0 Å². The molecular formula is C13H12ClIO4S. The molecule has 0 amide bonds. The van der Waals surface area contributed by atoms with E-state index in [1.165, 1.54) is 12.1 Å². The number of hydrogen-bond acceptors (Lipinski definition) is 4. The molecule has 2 aromatic rings. The summed E-state index contributed by atoms with van der Waals surface area (Å²) in [5.41, 5.74) is 0.945. The average molecular weight is 427 g/mol. The molecule has 20 heavy (non-hydrogen) atoms. The van der Waals surface area contributed by atoms with Gasteiger partial charge in [0.05, 0.1) is 0 Å². The van der Waals surface area contributed by atoms with Gasteiger partial charge in [-0.2, -0.15) is 0 Å². The topological polar surface area (TPSA) is 63.6 Å². The van der Waals surface area contributed by atoms with Crippen molar-refractivity contribution in [1.82, 2.24) is 0 Å². The van der Waals surface area contributed by atoms with Crippen molar-refractivity contribution in [3.63, 3.8) is 0 Å². The minimum absolute atomic E-state index is 0.0356. The van der Waals surface area contributed by atoms with Crippen LogP contribution in [0, 0.1) is 10.5 Å². The molecule has 0 saturated carbocycles. The van der Waals surface area contributed by atoms with Gasteiger partial charge in [-0.15, -0.1) is 0 Å². The molecule has 0 aromatic heterocycles. The molecule has 0 aliphatic heterocycles. The molecule has 2 aromatic carbocycles. The zero-order valence-electron chi connectivity index (χ0n) is 10.5. The quantitative estimate of drug-likeness (QED) is 0.760. The van der Waals surface area contributed by atoms with Gasteiger partial charge < -0.3 is 0 Å². The van der Waals surface area contributed by atoms with Gasteiger partial charge in [-0.1, -0.05) is 0 Å². The fourth-order valence-corrected chi connectivity index (χ4v) is 5.86. The first kappa shape index (κ1) is 15.7. The van der Waals surface area contributed by atoms with Crippen LogP contribution in [-0.4, -0.2) is 11.9 Å². The fourth-order valence-electron chi connectivity index (χ4n) is 1.39. The summed E-state index contributed by atoms with van der Waals surface area (Å²) in [6, 6.07) is 12.6. The van der Waals surface area contributed by atoms with E-state index in [2.05, 4.69) is 0 Å². The Kier molecular flexibility index (Phi) is 5.03. The van der Waals surface area contributed by atoms with E-state index in [-0.39, 0.29) is 4.90 Å². The first-order valence-corrected chi connectivity index (χ1v) is 10.3. The van der Waals surface area contributed by atoms with Crippen molar-refractivity contribution in [1.29, 1.82) is 0 Å². The molecular weight excluding hydrogens is 415 g/mol. The Bertz CT molecular complexity index is 683. The van der Waals surface area contributed by atoms with E-state index in [4.69, 9.17) is 14.1 Å². The standard InChI is InChI=1S/C13H12ClIO4S/c1-10-2-8-13(9-3-10)20(17,18)19-15(16)12-6-4-11(14)5-7-12/h2-9,16H,1H3. The van der Waals surface area contributed by atoms with Crippen LogP contribution in [0.5, 0.6) is 0 Å². The van der Waals surface area contributed by atoms with Crippen LogP contribution in [0.15, 0.2) is 53.4 Å². The molecule has 0 fully saturated rings. The molecule has 7 heteroatoms.